The molecule has 0 spiro atoms. The first-order valence-corrected chi connectivity index (χ1v) is 5.46. The largest absolute Gasteiger partial charge is 0.410 e. The minimum atomic E-state index is 0.0761. The van der Waals surface area contributed by atoms with Gasteiger partial charge in [0, 0.05) is 12.4 Å². The molecule has 0 saturated carbocycles. The first kappa shape index (κ1) is 11.6. The van der Waals surface area contributed by atoms with Gasteiger partial charge in [-0.1, -0.05) is 0 Å². The van der Waals surface area contributed by atoms with Crippen LogP contribution in [0.25, 0.3) is 0 Å². The molecule has 0 bridgehead atoms. The molecule has 4 radical (unpaired) electrons. The Labute approximate surface area is 104 Å². The van der Waals surface area contributed by atoms with Gasteiger partial charge in [-0.2, -0.15) is 0 Å². The predicted molar refractivity (Wildman–Crippen MR) is 71.0 cm³/mol. The SMILES string of the molecule is [B]1N[B]NB(N2C=CN(B3N[B]N[B]N3)C2)N1. The number of nitrogens with one attached hydrogen (secondary N) is 6. The second kappa shape index (κ2) is 5.42. The van der Waals surface area contributed by atoms with E-state index in [2.05, 4.69) is 40.5 Å². The average Bonchev–Trinajstić information content (AvgIpc) is 2.90. The highest BCUT2D eigenvalue weighted by molar-refractivity contribution is 6.75. The van der Waals surface area contributed by atoms with Crippen molar-refractivity contribution >= 4 is 44.4 Å². The average molecular weight is 223 g/mol. The minimum Gasteiger partial charge on any atom is -0.379 e. The van der Waals surface area contributed by atoms with Crippen LogP contribution in [0.2, 0.25) is 0 Å². The molecule has 0 aromatic rings. The summed E-state index contributed by atoms with van der Waals surface area (Å²) in [5, 5.41) is 18.6. The Morgan fingerprint density at radius 1 is 0.765 bits per heavy atom. The summed E-state index contributed by atoms with van der Waals surface area (Å²) in [6.45, 7) is 0.790. The number of nitrogens with zero attached hydrogens (tertiary/aromatic N) is 2. The maximum Gasteiger partial charge on any atom is 0.410 e. The first-order valence-electron chi connectivity index (χ1n) is 5.46. The lowest BCUT2D eigenvalue weighted by molar-refractivity contribution is 0.453. The van der Waals surface area contributed by atoms with Gasteiger partial charge in [0.15, 0.2) is 0 Å². The van der Waals surface area contributed by atoms with Crippen molar-refractivity contribution in [3.8, 4) is 0 Å². The van der Waals surface area contributed by atoms with Gasteiger partial charge >= 0.3 is 14.2 Å². The van der Waals surface area contributed by atoms with Crippen molar-refractivity contribution in [1.82, 2.24) is 40.5 Å². The molecule has 3 aliphatic heterocycles. The highest BCUT2D eigenvalue weighted by atomic mass is 15.4. The number of hydrogen-bond acceptors (Lipinski definition) is 8. The van der Waals surface area contributed by atoms with E-state index < -0.39 is 0 Å². The van der Waals surface area contributed by atoms with Crippen LogP contribution >= 0.6 is 0 Å². The van der Waals surface area contributed by atoms with Gasteiger partial charge in [-0.25, -0.2) is 0 Å². The summed E-state index contributed by atoms with van der Waals surface area (Å²) in [5.41, 5.74) is 0. The summed E-state index contributed by atoms with van der Waals surface area (Å²) in [5.74, 6) is 0. The molecule has 2 fully saturated rings. The summed E-state index contributed by atoms with van der Waals surface area (Å²) in [7, 11) is 7.38. The standard InChI is InChI=1S/C3H10B6N8/c1-2-17(9-14-6-11-7-15-9)3-16(1)8-12-4-10-5-13-8/h1-2,10-15H,3H2. The van der Waals surface area contributed by atoms with Crippen molar-refractivity contribution in [2.24, 2.45) is 0 Å². The van der Waals surface area contributed by atoms with E-state index in [9.17, 15) is 0 Å². The molecule has 3 heterocycles. The van der Waals surface area contributed by atoms with Crippen LogP contribution in [0.1, 0.15) is 0 Å². The third-order valence-electron chi connectivity index (χ3n) is 2.74. The van der Waals surface area contributed by atoms with E-state index >= 15 is 0 Å². The Morgan fingerprint density at radius 2 is 1.18 bits per heavy atom. The molecule has 8 nitrogen and oxygen atoms in total. The van der Waals surface area contributed by atoms with Crippen LogP contribution in [-0.4, -0.2) is 60.7 Å². The topological polar surface area (TPSA) is 78.7 Å². The molecular formula is C3H10B6N8. The summed E-state index contributed by atoms with van der Waals surface area (Å²) >= 11 is 0. The Kier molecular flexibility index (Phi) is 3.69. The van der Waals surface area contributed by atoms with Gasteiger partial charge in [-0.15, -0.1) is 0 Å². The van der Waals surface area contributed by atoms with E-state index in [0.717, 1.165) is 6.67 Å². The van der Waals surface area contributed by atoms with Gasteiger partial charge < -0.3 is 40.5 Å². The lowest BCUT2D eigenvalue weighted by Crippen LogP contribution is -2.72. The Morgan fingerprint density at radius 3 is 1.59 bits per heavy atom. The van der Waals surface area contributed by atoms with Crippen LogP contribution in [0.5, 0.6) is 0 Å². The van der Waals surface area contributed by atoms with Crippen molar-refractivity contribution in [3.05, 3.63) is 12.4 Å². The maximum absolute atomic E-state index is 3.19. The fourth-order valence-corrected chi connectivity index (χ4v) is 1.86. The molecular weight excluding hydrogens is 213 g/mol. The summed E-state index contributed by atoms with van der Waals surface area (Å²) in [6, 6.07) is 0. The van der Waals surface area contributed by atoms with Crippen LogP contribution < -0.4 is 30.8 Å². The first-order chi connectivity index (χ1) is 8.43. The van der Waals surface area contributed by atoms with Crippen molar-refractivity contribution in [2.45, 2.75) is 0 Å². The summed E-state index contributed by atoms with van der Waals surface area (Å²) in [6.07, 6.45) is 4.09. The van der Waals surface area contributed by atoms with Crippen LogP contribution in [0.15, 0.2) is 12.4 Å². The zero-order valence-electron chi connectivity index (χ0n) is 9.22. The van der Waals surface area contributed by atoms with Crippen LogP contribution in [0.4, 0.5) is 0 Å². The molecule has 17 heavy (non-hydrogen) atoms. The zero-order valence-corrected chi connectivity index (χ0v) is 9.22. The van der Waals surface area contributed by atoms with Gasteiger partial charge in [0.25, 0.3) is 30.2 Å². The van der Waals surface area contributed by atoms with Gasteiger partial charge in [-0.3, -0.25) is 0 Å². The normalized spacial score (nSPS) is 24.0. The molecule has 0 aromatic carbocycles. The van der Waals surface area contributed by atoms with Crippen molar-refractivity contribution in [3.63, 3.8) is 0 Å². The highest BCUT2D eigenvalue weighted by Crippen LogP contribution is 2.07. The lowest BCUT2D eigenvalue weighted by Gasteiger charge is -2.33. The van der Waals surface area contributed by atoms with Crippen LogP contribution in [0, 0.1) is 0 Å². The smallest absolute Gasteiger partial charge is 0.379 e. The molecule has 0 atom stereocenters. The fourth-order valence-electron chi connectivity index (χ4n) is 1.86. The van der Waals surface area contributed by atoms with Gasteiger partial charge in [0.2, 0.25) is 0 Å². The number of hydrogen-bond donors (Lipinski definition) is 6. The molecule has 80 valence electrons. The second-order valence-corrected chi connectivity index (χ2v) is 3.85. The Hall–Kier alpha value is -0.510. The maximum atomic E-state index is 3.19. The van der Waals surface area contributed by atoms with E-state index in [0.29, 0.717) is 0 Å². The van der Waals surface area contributed by atoms with Crippen LogP contribution in [0.3, 0.4) is 0 Å². The Bertz CT molecular complexity index is 252. The monoisotopic (exact) mass is 224 g/mol. The highest BCUT2D eigenvalue weighted by Gasteiger charge is 2.33. The van der Waals surface area contributed by atoms with E-state index in [1.165, 1.54) is 0 Å². The van der Waals surface area contributed by atoms with Crippen molar-refractivity contribution in [1.29, 1.82) is 0 Å². The third-order valence-corrected chi connectivity index (χ3v) is 2.74. The number of rotatable bonds is 2. The zero-order chi connectivity index (χ0) is 11.5. The predicted octanol–water partition coefficient (Wildman–Crippen LogP) is -5.30. The molecule has 0 unspecified atom stereocenters. The Balaban J connectivity index is 1.52. The van der Waals surface area contributed by atoms with Gasteiger partial charge in [0.05, 0.1) is 6.67 Å². The molecule has 0 aromatic heterocycles. The second-order valence-electron chi connectivity index (χ2n) is 3.85. The molecule has 2 saturated heterocycles. The quantitative estimate of drug-likeness (QED) is 0.259. The molecule has 6 N–H and O–H groups in total. The summed E-state index contributed by atoms with van der Waals surface area (Å²) < 4.78 is 0. The lowest BCUT2D eigenvalue weighted by atomic mass is 9.73. The van der Waals surface area contributed by atoms with E-state index in [-0.39, 0.29) is 14.2 Å². The van der Waals surface area contributed by atoms with E-state index in [1.54, 1.807) is 30.2 Å². The molecule has 0 amide bonds. The third kappa shape index (κ3) is 2.67. The van der Waals surface area contributed by atoms with Gasteiger partial charge in [0.1, 0.15) is 0 Å². The van der Waals surface area contributed by atoms with Crippen molar-refractivity contribution in [2.75, 3.05) is 6.67 Å². The van der Waals surface area contributed by atoms with E-state index in [1.807, 2.05) is 12.4 Å². The minimum absolute atomic E-state index is 0.0761. The van der Waals surface area contributed by atoms with E-state index in [4.69, 9.17) is 0 Å². The molecule has 0 aliphatic carbocycles. The van der Waals surface area contributed by atoms with Crippen LogP contribution in [-0.2, 0) is 0 Å². The summed E-state index contributed by atoms with van der Waals surface area (Å²) in [4.78, 5) is 4.30. The van der Waals surface area contributed by atoms with Crippen molar-refractivity contribution < 1.29 is 0 Å². The molecule has 3 aliphatic rings. The molecule has 3 rings (SSSR count). The fraction of sp³-hybridized carbons (Fsp3) is 0.333. The van der Waals surface area contributed by atoms with Gasteiger partial charge in [-0.05, 0) is 0 Å². The molecule has 14 heteroatoms.